The van der Waals surface area contributed by atoms with Gasteiger partial charge < -0.3 is 30.1 Å². The van der Waals surface area contributed by atoms with Gasteiger partial charge in [0, 0.05) is 36.8 Å². The van der Waals surface area contributed by atoms with Crippen molar-refractivity contribution >= 4 is 29.4 Å². The third kappa shape index (κ3) is 6.43. The van der Waals surface area contributed by atoms with Crippen molar-refractivity contribution in [3.8, 4) is 0 Å². The van der Waals surface area contributed by atoms with Gasteiger partial charge in [-0.3, -0.25) is 19.2 Å². The first-order valence-electron chi connectivity index (χ1n) is 11.1. The van der Waals surface area contributed by atoms with Gasteiger partial charge in [0.05, 0.1) is 0 Å². The lowest BCUT2D eigenvalue weighted by Crippen LogP contribution is -2.42. The summed E-state index contributed by atoms with van der Waals surface area (Å²) in [5.41, 5.74) is -0.642. The third-order valence-electron chi connectivity index (χ3n) is 5.61. The number of aliphatic carboxylic acids is 1. The van der Waals surface area contributed by atoms with Gasteiger partial charge in [-0.05, 0) is 38.3 Å². The molecule has 12 nitrogen and oxygen atoms in total. The van der Waals surface area contributed by atoms with E-state index in [1.54, 1.807) is 13.8 Å². The molecule has 1 saturated heterocycles. The predicted molar refractivity (Wildman–Crippen MR) is 124 cm³/mol. The molecule has 0 radical (unpaired) electrons. The predicted octanol–water partition coefficient (Wildman–Crippen LogP) is 1.000. The highest BCUT2D eigenvalue weighted by Gasteiger charge is 2.29. The molecule has 2 aromatic heterocycles. The topological polar surface area (TPSA) is 173 Å². The summed E-state index contributed by atoms with van der Waals surface area (Å²) in [5, 5.41) is 20.6. The minimum Gasteiger partial charge on any atom is -0.478 e. The molecule has 1 fully saturated rings. The van der Waals surface area contributed by atoms with Gasteiger partial charge in [0.15, 0.2) is 5.69 Å². The monoisotopic (exact) mass is 485 g/mol. The zero-order valence-electron chi connectivity index (χ0n) is 19.3. The first-order chi connectivity index (χ1) is 16.7. The Hall–Kier alpha value is -4.22. The molecule has 12 heteroatoms. The van der Waals surface area contributed by atoms with Gasteiger partial charge in [0.25, 0.3) is 11.5 Å². The molecule has 0 aliphatic carbocycles. The van der Waals surface area contributed by atoms with Crippen LogP contribution in [-0.2, 0) is 14.4 Å². The standard InChI is InChI=1S/C23H27N5O7/c1-3-18(22(33)25-15(6-7-19(29)30)12-14-8-9-24-20(14)31)28-10-4-5-16(23(28)34)26-21(32)17-11-13(2)35-27-17/h4-7,10-11,14-15,18H,3,8-9,12H2,1-2H3,(H,24,31)(H,25,33)(H,26,32)(H,29,30). The molecule has 35 heavy (non-hydrogen) atoms. The smallest absolute Gasteiger partial charge is 0.328 e. The van der Waals surface area contributed by atoms with Crippen molar-refractivity contribution in [1.29, 1.82) is 0 Å². The first kappa shape index (κ1) is 25.4. The summed E-state index contributed by atoms with van der Waals surface area (Å²) in [5.74, 6) is -2.42. The number of carbonyl (C=O) groups is 4. The highest BCUT2D eigenvalue weighted by molar-refractivity contribution is 6.02. The average molecular weight is 485 g/mol. The van der Waals surface area contributed by atoms with Gasteiger partial charge in [0.1, 0.15) is 17.5 Å². The number of nitrogens with zero attached hydrogens (tertiary/aromatic N) is 2. The van der Waals surface area contributed by atoms with Crippen LogP contribution in [0.1, 0.15) is 48.5 Å². The molecule has 1 aliphatic rings. The fourth-order valence-corrected chi connectivity index (χ4v) is 3.86. The van der Waals surface area contributed by atoms with Crippen molar-refractivity contribution in [3.05, 3.63) is 58.4 Å². The fraction of sp³-hybridized carbons (Fsp3) is 0.391. The first-order valence-corrected chi connectivity index (χ1v) is 11.1. The number of anilines is 1. The van der Waals surface area contributed by atoms with Gasteiger partial charge in [0.2, 0.25) is 11.8 Å². The zero-order valence-corrected chi connectivity index (χ0v) is 19.3. The van der Waals surface area contributed by atoms with Gasteiger partial charge in [-0.2, -0.15) is 0 Å². The van der Waals surface area contributed by atoms with Crippen molar-refractivity contribution in [2.24, 2.45) is 5.92 Å². The van der Waals surface area contributed by atoms with Crippen molar-refractivity contribution in [2.45, 2.75) is 45.2 Å². The molecule has 0 bridgehead atoms. The number of hydrogen-bond acceptors (Lipinski definition) is 7. The van der Waals surface area contributed by atoms with Gasteiger partial charge in [-0.15, -0.1) is 0 Å². The van der Waals surface area contributed by atoms with E-state index in [-0.39, 0.29) is 36.0 Å². The Balaban J connectivity index is 1.79. The van der Waals surface area contributed by atoms with Crippen LogP contribution in [0.3, 0.4) is 0 Å². The number of carboxylic acids is 1. The van der Waals surface area contributed by atoms with E-state index < -0.39 is 35.4 Å². The Morgan fingerprint density at radius 1 is 1.37 bits per heavy atom. The molecule has 3 unspecified atom stereocenters. The van der Waals surface area contributed by atoms with Crippen LogP contribution in [0.4, 0.5) is 5.69 Å². The van der Waals surface area contributed by atoms with E-state index in [1.807, 2.05) is 0 Å². The third-order valence-corrected chi connectivity index (χ3v) is 5.61. The molecule has 3 rings (SSSR count). The summed E-state index contributed by atoms with van der Waals surface area (Å²) < 4.78 is 6.07. The molecule has 0 saturated carbocycles. The average Bonchev–Trinajstić information content (AvgIpc) is 3.43. The summed E-state index contributed by atoms with van der Waals surface area (Å²) in [6, 6.07) is 2.69. The van der Waals surface area contributed by atoms with Crippen LogP contribution in [-0.4, -0.2) is 51.1 Å². The van der Waals surface area contributed by atoms with E-state index in [0.717, 1.165) is 6.08 Å². The molecule has 4 N–H and O–H groups in total. The number of aromatic nitrogens is 2. The van der Waals surface area contributed by atoms with E-state index in [4.69, 9.17) is 9.63 Å². The summed E-state index contributed by atoms with van der Waals surface area (Å²) >= 11 is 0. The summed E-state index contributed by atoms with van der Waals surface area (Å²) in [6.45, 7) is 3.86. The summed E-state index contributed by atoms with van der Waals surface area (Å²) in [6.07, 6.45) is 4.70. The lowest BCUT2D eigenvalue weighted by atomic mass is 9.97. The maximum absolute atomic E-state index is 13.1. The van der Waals surface area contributed by atoms with Crippen LogP contribution in [0, 0.1) is 12.8 Å². The van der Waals surface area contributed by atoms with Gasteiger partial charge in [-0.1, -0.05) is 18.2 Å². The minimum atomic E-state index is -1.19. The second-order valence-electron chi connectivity index (χ2n) is 8.16. The van der Waals surface area contributed by atoms with E-state index in [0.29, 0.717) is 18.7 Å². The fourth-order valence-electron chi connectivity index (χ4n) is 3.86. The Bertz CT molecular complexity index is 1200. The Morgan fingerprint density at radius 3 is 2.74 bits per heavy atom. The van der Waals surface area contributed by atoms with E-state index >= 15 is 0 Å². The Labute approximate surface area is 200 Å². The van der Waals surface area contributed by atoms with Crippen LogP contribution in [0.5, 0.6) is 0 Å². The van der Waals surface area contributed by atoms with Crippen molar-refractivity contribution in [3.63, 3.8) is 0 Å². The quantitative estimate of drug-likeness (QED) is 0.361. The molecule has 3 heterocycles. The van der Waals surface area contributed by atoms with Crippen LogP contribution >= 0.6 is 0 Å². The number of nitrogens with one attached hydrogen (secondary N) is 3. The van der Waals surface area contributed by atoms with E-state index in [1.165, 1.54) is 35.0 Å². The van der Waals surface area contributed by atoms with Crippen LogP contribution in [0.2, 0.25) is 0 Å². The highest BCUT2D eigenvalue weighted by atomic mass is 16.5. The summed E-state index contributed by atoms with van der Waals surface area (Å²) in [4.78, 5) is 61.5. The molecule has 2 aromatic rings. The Kier molecular flexibility index (Phi) is 8.18. The second-order valence-corrected chi connectivity index (χ2v) is 8.16. The van der Waals surface area contributed by atoms with E-state index in [9.17, 15) is 24.0 Å². The molecule has 0 spiro atoms. The maximum Gasteiger partial charge on any atom is 0.328 e. The largest absolute Gasteiger partial charge is 0.478 e. The highest BCUT2D eigenvalue weighted by Crippen LogP contribution is 2.18. The lowest BCUT2D eigenvalue weighted by molar-refractivity contribution is -0.131. The molecule has 0 aromatic carbocycles. The SMILES string of the molecule is CCC(C(=O)NC(C=CC(=O)O)CC1CCNC1=O)n1cccc(NC(=O)c2cc(C)on2)c1=O. The number of carbonyl (C=O) groups excluding carboxylic acids is 3. The second kappa shape index (κ2) is 11.3. The number of carboxylic acid groups (broad SMARTS) is 1. The van der Waals surface area contributed by atoms with Gasteiger partial charge >= 0.3 is 5.97 Å². The molecule has 186 valence electrons. The van der Waals surface area contributed by atoms with Crippen LogP contribution in [0.15, 0.2) is 45.9 Å². The number of rotatable bonds is 10. The van der Waals surface area contributed by atoms with E-state index in [2.05, 4.69) is 21.1 Å². The lowest BCUT2D eigenvalue weighted by Gasteiger charge is -2.23. The molecular formula is C23H27N5O7. The number of amides is 3. The minimum absolute atomic E-state index is 0.00565. The molecule has 3 atom stereocenters. The normalized spacial score (nSPS) is 17.1. The molecule has 3 amide bonds. The molecule has 1 aliphatic heterocycles. The van der Waals surface area contributed by atoms with Crippen LogP contribution in [0.25, 0.3) is 0 Å². The maximum atomic E-state index is 13.1. The Morgan fingerprint density at radius 2 is 2.14 bits per heavy atom. The number of pyridine rings is 1. The van der Waals surface area contributed by atoms with Crippen molar-refractivity contribution in [2.75, 3.05) is 11.9 Å². The molecular weight excluding hydrogens is 458 g/mol. The number of aryl methyl sites for hydroxylation is 1. The number of hydrogen-bond donors (Lipinski definition) is 4. The van der Waals surface area contributed by atoms with Crippen molar-refractivity contribution in [1.82, 2.24) is 20.4 Å². The van der Waals surface area contributed by atoms with Gasteiger partial charge in [-0.25, -0.2) is 4.79 Å². The zero-order chi connectivity index (χ0) is 25.5. The van der Waals surface area contributed by atoms with Crippen molar-refractivity contribution < 1.29 is 28.8 Å². The summed E-state index contributed by atoms with van der Waals surface area (Å²) in [7, 11) is 0. The van der Waals surface area contributed by atoms with Crippen LogP contribution < -0.4 is 21.5 Å².